The van der Waals surface area contributed by atoms with Crippen molar-refractivity contribution in [2.45, 2.75) is 20.0 Å². The van der Waals surface area contributed by atoms with Gasteiger partial charge in [0, 0.05) is 17.9 Å². The number of aliphatic hydroxyl groups excluding tert-OH is 1. The average molecular weight is 271 g/mol. The molecule has 0 saturated carbocycles. The van der Waals surface area contributed by atoms with Gasteiger partial charge in [-0.25, -0.2) is 4.79 Å². The molecule has 1 aromatic rings. The van der Waals surface area contributed by atoms with Crippen LogP contribution in [0.2, 0.25) is 0 Å². The summed E-state index contributed by atoms with van der Waals surface area (Å²) in [4.78, 5) is 23.2. The van der Waals surface area contributed by atoms with E-state index in [1.54, 1.807) is 6.92 Å². The average Bonchev–Trinajstić information content (AvgIpc) is 2.38. The number of rotatable bonds is 6. The monoisotopic (exact) mass is 270 g/mol. The molecule has 0 aliphatic heterocycles. The van der Waals surface area contributed by atoms with Gasteiger partial charge >= 0.3 is 5.97 Å². The van der Waals surface area contributed by atoms with E-state index in [4.69, 9.17) is 16.3 Å². The number of alkyl halides is 1. The van der Waals surface area contributed by atoms with E-state index in [1.807, 2.05) is 0 Å². The third-order valence-corrected chi connectivity index (χ3v) is 2.60. The number of ketones is 1. The summed E-state index contributed by atoms with van der Waals surface area (Å²) >= 11 is 5.51. The van der Waals surface area contributed by atoms with Crippen molar-refractivity contribution < 1.29 is 19.4 Å². The Bertz CT molecular complexity index is 443. The van der Waals surface area contributed by atoms with Crippen LogP contribution in [-0.2, 0) is 11.3 Å². The van der Waals surface area contributed by atoms with E-state index in [1.165, 1.54) is 18.2 Å². The number of Topliss-reactive ketones (excluding diaryl/α,β-unsaturated/α-hetero) is 1. The Morgan fingerprint density at radius 2 is 2.11 bits per heavy atom. The first-order chi connectivity index (χ1) is 8.63. The summed E-state index contributed by atoms with van der Waals surface area (Å²) in [6, 6.07) is 4.50. The van der Waals surface area contributed by atoms with Gasteiger partial charge in [0.05, 0.1) is 18.8 Å². The number of benzene rings is 1. The zero-order valence-electron chi connectivity index (χ0n) is 10.1. The topological polar surface area (TPSA) is 63.6 Å². The number of esters is 1. The van der Waals surface area contributed by atoms with Crippen molar-refractivity contribution in [3.8, 4) is 0 Å². The lowest BCUT2D eigenvalue weighted by Gasteiger charge is -2.08. The molecule has 0 saturated heterocycles. The molecular formula is C13H15ClO4. The second-order valence-electron chi connectivity index (χ2n) is 3.61. The smallest absolute Gasteiger partial charge is 0.338 e. The Hall–Kier alpha value is -1.39. The summed E-state index contributed by atoms with van der Waals surface area (Å²) in [7, 11) is 0. The first kappa shape index (κ1) is 14.7. The zero-order chi connectivity index (χ0) is 13.5. The van der Waals surface area contributed by atoms with Crippen LogP contribution in [0, 0.1) is 0 Å². The first-order valence-electron chi connectivity index (χ1n) is 5.64. The second-order valence-corrected chi connectivity index (χ2v) is 3.99. The molecule has 0 aliphatic carbocycles. The standard InChI is InChI=1S/C13H15ClO4/c1-2-18-13(17)9-3-4-11(10(7-9)8-15)12(16)5-6-14/h3-4,7,15H,2,5-6,8H2,1H3. The van der Waals surface area contributed by atoms with Crippen molar-refractivity contribution >= 4 is 23.4 Å². The molecule has 0 amide bonds. The molecule has 1 rings (SSSR count). The summed E-state index contributed by atoms with van der Waals surface area (Å²) in [6.07, 6.45) is 0.202. The summed E-state index contributed by atoms with van der Waals surface area (Å²) in [5.41, 5.74) is 1.13. The SMILES string of the molecule is CCOC(=O)c1ccc(C(=O)CCCl)c(CO)c1. The number of carbonyl (C=O) groups is 2. The molecule has 0 radical (unpaired) electrons. The highest BCUT2D eigenvalue weighted by molar-refractivity contribution is 6.19. The van der Waals surface area contributed by atoms with Crippen LogP contribution in [0.15, 0.2) is 18.2 Å². The van der Waals surface area contributed by atoms with E-state index in [0.29, 0.717) is 16.7 Å². The first-order valence-corrected chi connectivity index (χ1v) is 6.17. The number of hydrogen-bond donors (Lipinski definition) is 1. The lowest BCUT2D eigenvalue weighted by Crippen LogP contribution is -2.09. The fourth-order valence-corrected chi connectivity index (χ4v) is 1.73. The maximum absolute atomic E-state index is 11.7. The molecule has 0 bridgehead atoms. The molecule has 1 aromatic carbocycles. The van der Waals surface area contributed by atoms with Gasteiger partial charge < -0.3 is 9.84 Å². The second kappa shape index (κ2) is 7.13. The molecule has 5 heteroatoms. The minimum atomic E-state index is -0.469. The molecule has 4 nitrogen and oxygen atoms in total. The number of carbonyl (C=O) groups excluding carboxylic acids is 2. The summed E-state index contributed by atoms with van der Waals surface area (Å²) in [5, 5.41) is 9.23. The van der Waals surface area contributed by atoms with Gasteiger partial charge in [-0.15, -0.1) is 11.6 Å². The van der Waals surface area contributed by atoms with Crippen LogP contribution in [0.3, 0.4) is 0 Å². The van der Waals surface area contributed by atoms with Crippen molar-refractivity contribution in [3.63, 3.8) is 0 Å². The number of ether oxygens (including phenoxy) is 1. The molecule has 0 heterocycles. The van der Waals surface area contributed by atoms with E-state index in [9.17, 15) is 14.7 Å². The van der Waals surface area contributed by atoms with Gasteiger partial charge in [0.25, 0.3) is 0 Å². The molecule has 0 spiro atoms. The Labute approximate surface area is 111 Å². The quantitative estimate of drug-likeness (QED) is 0.489. The third kappa shape index (κ3) is 3.55. The van der Waals surface area contributed by atoms with E-state index < -0.39 is 5.97 Å². The Kier molecular flexibility index (Phi) is 5.82. The van der Waals surface area contributed by atoms with Crippen LogP contribution >= 0.6 is 11.6 Å². The van der Waals surface area contributed by atoms with Crippen molar-refractivity contribution in [2.24, 2.45) is 0 Å². The van der Waals surface area contributed by atoms with E-state index in [2.05, 4.69) is 0 Å². The van der Waals surface area contributed by atoms with Crippen LogP contribution in [0.25, 0.3) is 0 Å². The lowest BCUT2D eigenvalue weighted by atomic mass is 10.00. The summed E-state index contributed by atoms with van der Waals surface area (Å²) in [6.45, 7) is 1.68. The van der Waals surface area contributed by atoms with Gasteiger partial charge in [0.15, 0.2) is 5.78 Å². The molecule has 98 valence electrons. The highest BCUT2D eigenvalue weighted by Crippen LogP contribution is 2.15. The van der Waals surface area contributed by atoms with Crippen LogP contribution in [0.5, 0.6) is 0 Å². The molecule has 0 aliphatic rings. The lowest BCUT2D eigenvalue weighted by molar-refractivity contribution is 0.0526. The van der Waals surface area contributed by atoms with Gasteiger partial charge in [-0.2, -0.15) is 0 Å². The van der Waals surface area contributed by atoms with Gasteiger partial charge in [-0.05, 0) is 24.6 Å². The maximum atomic E-state index is 11.7. The highest BCUT2D eigenvalue weighted by atomic mass is 35.5. The van der Waals surface area contributed by atoms with E-state index in [0.717, 1.165) is 0 Å². The maximum Gasteiger partial charge on any atom is 0.338 e. The predicted octanol–water partition coefficient (Wildman–Crippen LogP) is 2.17. The van der Waals surface area contributed by atoms with E-state index >= 15 is 0 Å². The number of hydrogen-bond acceptors (Lipinski definition) is 4. The normalized spacial score (nSPS) is 10.2. The molecular weight excluding hydrogens is 256 g/mol. The Balaban J connectivity index is 3.03. The molecule has 1 N–H and O–H groups in total. The summed E-state index contributed by atoms with van der Waals surface area (Å²) < 4.78 is 4.85. The number of halogens is 1. The van der Waals surface area contributed by atoms with Crippen molar-refractivity contribution in [1.29, 1.82) is 0 Å². The largest absolute Gasteiger partial charge is 0.462 e. The molecule has 0 atom stereocenters. The molecule has 18 heavy (non-hydrogen) atoms. The third-order valence-electron chi connectivity index (χ3n) is 2.41. The number of aliphatic hydroxyl groups is 1. The minimum absolute atomic E-state index is 0.149. The van der Waals surface area contributed by atoms with Gasteiger partial charge in [0.1, 0.15) is 0 Å². The Morgan fingerprint density at radius 1 is 1.39 bits per heavy atom. The molecule has 0 fully saturated rings. The highest BCUT2D eigenvalue weighted by Gasteiger charge is 2.14. The van der Waals surface area contributed by atoms with Gasteiger partial charge in [0.2, 0.25) is 0 Å². The van der Waals surface area contributed by atoms with Crippen LogP contribution < -0.4 is 0 Å². The van der Waals surface area contributed by atoms with E-state index in [-0.39, 0.29) is 31.3 Å². The van der Waals surface area contributed by atoms with Crippen LogP contribution in [0.1, 0.15) is 39.6 Å². The predicted molar refractivity (Wildman–Crippen MR) is 68.0 cm³/mol. The van der Waals surface area contributed by atoms with Crippen molar-refractivity contribution in [3.05, 3.63) is 34.9 Å². The van der Waals surface area contributed by atoms with Crippen LogP contribution in [-0.4, -0.2) is 29.3 Å². The summed E-state index contributed by atoms with van der Waals surface area (Å²) in [5.74, 6) is -0.392. The van der Waals surface area contributed by atoms with Crippen molar-refractivity contribution in [1.82, 2.24) is 0 Å². The van der Waals surface area contributed by atoms with Crippen LogP contribution in [0.4, 0.5) is 0 Å². The molecule has 0 unspecified atom stereocenters. The van der Waals surface area contributed by atoms with Gasteiger partial charge in [-0.1, -0.05) is 6.07 Å². The fraction of sp³-hybridized carbons (Fsp3) is 0.385. The zero-order valence-corrected chi connectivity index (χ0v) is 10.9. The van der Waals surface area contributed by atoms with Crippen molar-refractivity contribution in [2.75, 3.05) is 12.5 Å². The minimum Gasteiger partial charge on any atom is -0.462 e. The Morgan fingerprint density at radius 3 is 2.67 bits per heavy atom. The molecule has 0 aromatic heterocycles. The fourth-order valence-electron chi connectivity index (χ4n) is 1.56. The van der Waals surface area contributed by atoms with Gasteiger partial charge in [-0.3, -0.25) is 4.79 Å².